The largest absolute Gasteiger partial charge is 0.481 e. The van der Waals surface area contributed by atoms with Gasteiger partial charge in [-0.1, -0.05) is 66.7 Å². The number of aryl methyl sites for hydroxylation is 1. The van der Waals surface area contributed by atoms with Crippen molar-refractivity contribution in [2.24, 2.45) is 0 Å². The topological polar surface area (TPSA) is 37.3 Å². The predicted octanol–water partition coefficient (Wildman–Crippen LogP) is 4.52. The Labute approximate surface area is 123 Å². The van der Waals surface area contributed by atoms with Gasteiger partial charge in [0.15, 0.2) is 0 Å². The molecular weight excluding hydrogens is 260 g/mol. The number of benzene rings is 3. The Hall–Kier alpha value is -2.61. The van der Waals surface area contributed by atoms with E-state index in [1.807, 2.05) is 24.3 Å². The third kappa shape index (κ3) is 2.95. The number of hydrogen-bond donors (Lipinski definition) is 1. The number of rotatable bonds is 4. The van der Waals surface area contributed by atoms with Crippen molar-refractivity contribution in [2.75, 3.05) is 0 Å². The third-order valence-electron chi connectivity index (χ3n) is 3.68. The Kier molecular flexibility index (Phi) is 3.69. The van der Waals surface area contributed by atoms with E-state index in [-0.39, 0.29) is 6.42 Å². The summed E-state index contributed by atoms with van der Waals surface area (Å²) in [6.45, 7) is 0. The zero-order valence-electron chi connectivity index (χ0n) is 11.6. The molecule has 1 N–H and O–H groups in total. The molecule has 104 valence electrons. The van der Waals surface area contributed by atoms with Gasteiger partial charge in [-0.15, -0.1) is 0 Å². The molecule has 3 aromatic rings. The predicted molar refractivity (Wildman–Crippen MR) is 85.3 cm³/mol. The van der Waals surface area contributed by atoms with Gasteiger partial charge in [-0.3, -0.25) is 4.79 Å². The highest BCUT2D eigenvalue weighted by molar-refractivity contribution is 5.96. The molecule has 0 atom stereocenters. The molecule has 0 unspecified atom stereocenters. The molecule has 0 aliphatic heterocycles. The molecule has 0 aliphatic carbocycles. The zero-order valence-corrected chi connectivity index (χ0v) is 11.6. The second-order valence-corrected chi connectivity index (χ2v) is 5.12. The minimum absolute atomic E-state index is 0.174. The molecule has 2 heteroatoms. The van der Waals surface area contributed by atoms with E-state index < -0.39 is 5.97 Å². The quantitative estimate of drug-likeness (QED) is 0.760. The maximum atomic E-state index is 10.6. The first-order chi connectivity index (χ1) is 10.2. The van der Waals surface area contributed by atoms with Crippen LogP contribution in [0.2, 0.25) is 0 Å². The lowest BCUT2D eigenvalue weighted by Gasteiger charge is -2.08. The third-order valence-corrected chi connectivity index (χ3v) is 3.68. The number of fused-ring (bicyclic) bond motifs is 1. The first-order valence-corrected chi connectivity index (χ1v) is 7.03. The molecule has 2 nitrogen and oxygen atoms in total. The van der Waals surface area contributed by atoms with Crippen LogP contribution in [0.25, 0.3) is 21.9 Å². The molecule has 0 fully saturated rings. The van der Waals surface area contributed by atoms with Crippen molar-refractivity contribution >= 4 is 16.7 Å². The number of hydrogen-bond acceptors (Lipinski definition) is 1. The highest BCUT2D eigenvalue weighted by atomic mass is 16.4. The van der Waals surface area contributed by atoms with E-state index in [2.05, 4.69) is 42.5 Å². The number of carbonyl (C=O) groups is 1. The average molecular weight is 276 g/mol. The second kappa shape index (κ2) is 5.80. The Balaban J connectivity index is 1.94. The van der Waals surface area contributed by atoms with Crippen LogP contribution < -0.4 is 0 Å². The maximum absolute atomic E-state index is 10.6. The lowest BCUT2D eigenvalue weighted by atomic mass is 9.97. The van der Waals surface area contributed by atoms with Crippen molar-refractivity contribution in [1.82, 2.24) is 0 Å². The molecule has 0 bridgehead atoms. The van der Waals surface area contributed by atoms with Crippen molar-refractivity contribution in [3.05, 3.63) is 72.3 Å². The Morgan fingerprint density at radius 3 is 2.33 bits per heavy atom. The molecule has 0 amide bonds. The van der Waals surface area contributed by atoms with Gasteiger partial charge in [-0.05, 0) is 33.9 Å². The summed E-state index contributed by atoms with van der Waals surface area (Å²) in [4.78, 5) is 10.6. The van der Waals surface area contributed by atoms with Gasteiger partial charge in [-0.2, -0.15) is 0 Å². The van der Waals surface area contributed by atoms with Crippen LogP contribution in [0.4, 0.5) is 0 Å². The van der Waals surface area contributed by atoms with Crippen LogP contribution in [-0.4, -0.2) is 11.1 Å². The summed E-state index contributed by atoms with van der Waals surface area (Å²) < 4.78 is 0. The summed E-state index contributed by atoms with van der Waals surface area (Å²) in [6.07, 6.45) is 0.749. The van der Waals surface area contributed by atoms with Gasteiger partial charge in [0.2, 0.25) is 0 Å². The monoisotopic (exact) mass is 276 g/mol. The first kappa shape index (κ1) is 13.4. The summed E-state index contributed by atoms with van der Waals surface area (Å²) in [5.41, 5.74) is 3.42. The van der Waals surface area contributed by atoms with E-state index in [0.29, 0.717) is 6.42 Å². The van der Waals surface area contributed by atoms with Gasteiger partial charge < -0.3 is 5.11 Å². The molecule has 0 aliphatic rings. The van der Waals surface area contributed by atoms with Gasteiger partial charge in [0, 0.05) is 6.42 Å². The molecule has 3 rings (SSSR count). The molecular formula is C19H16O2. The van der Waals surface area contributed by atoms with E-state index >= 15 is 0 Å². The number of carboxylic acid groups (broad SMARTS) is 1. The number of aliphatic carboxylic acids is 1. The molecule has 0 radical (unpaired) electrons. The van der Waals surface area contributed by atoms with E-state index in [1.54, 1.807) is 0 Å². The van der Waals surface area contributed by atoms with Crippen LogP contribution in [0.1, 0.15) is 12.0 Å². The summed E-state index contributed by atoms with van der Waals surface area (Å²) >= 11 is 0. The van der Waals surface area contributed by atoms with Gasteiger partial charge in [0.25, 0.3) is 0 Å². The molecule has 0 aromatic heterocycles. The summed E-state index contributed by atoms with van der Waals surface area (Å²) in [5.74, 6) is -0.756. The lowest BCUT2D eigenvalue weighted by Crippen LogP contribution is -1.97. The van der Waals surface area contributed by atoms with Gasteiger partial charge in [0.05, 0.1) is 0 Å². The van der Waals surface area contributed by atoms with Crippen molar-refractivity contribution in [2.45, 2.75) is 12.8 Å². The molecule has 0 spiro atoms. The molecule has 0 saturated heterocycles. The van der Waals surface area contributed by atoms with Crippen LogP contribution in [-0.2, 0) is 11.2 Å². The summed E-state index contributed by atoms with van der Waals surface area (Å²) in [7, 11) is 0. The Bertz CT molecular complexity index is 768. The van der Waals surface area contributed by atoms with E-state index in [0.717, 1.165) is 11.1 Å². The zero-order chi connectivity index (χ0) is 14.7. The smallest absolute Gasteiger partial charge is 0.303 e. The minimum atomic E-state index is -0.756. The number of carboxylic acids is 1. The van der Waals surface area contributed by atoms with Crippen LogP contribution in [0.5, 0.6) is 0 Å². The van der Waals surface area contributed by atoms with Crippen LogP contribution in [0.3, 0.4) is 0 Å². The highest BCUT2D eigenvalue weighted by Gasteiger charge is 2.04. The maximum Gasteiger partial charge on any atom is 0.303 e. The van der Waals surface area contributed by atoms with Crippen molar-refractivity contribution in [3.63, 3.8) is 0 Å². The molecule has 3 aromatic carbocycles. The van der Waals surface area contributed by atoms with Gasteiger partial charge in [0.1, 0.15) is 0 Å². The van der Waals surface area contributed by atoms with Gasteiger partial charge in [-0.25, -0.2) is 0 Å². The van der Waals surface area contributed by atoms with E-state index in [1.165, 1.54) is 16.3 Å². The van der Waals surface area contributed by atoms with E-state index in [9.17, 15) is 4.79 Å². The van der Waals surface area contributed by atoms with Gasteiger partial charge >= 0.3 is 5.97 Å². The fourth-order valence-corrected chi connectivity index (χ4v) is 2.58. The molecule has 21 heavy (non-hydrogen) atoms. The second-order valence-electron chi connectivity index (χ2n) is 5.12. The van der Waals surface area contributed by atoms with Crippen LogP contribution in [0, 0.1) is 0 Å². The van der Waals surface area contributed by atoms with Crippen LogP contribution in [0.15, 0.2) is 66.7 Å². The van der Waals surface area contributed by atoms with Crippen LogP contribution >= 0.6 is 0 Å². The molecule has 0 heterocycles. The summed E-state index contributed by atoms with van der Waals surface area (Å²) in [5, 5.41) is 11.2. The van der Waals surface area contributed by atoms with Crippen molar-refractivity contribution < 1.29 is 9.90 Å². The minimum Gasteiger partial charge on any atom is -0.481 e. The molecule has 0 saturated carbocycles. The van der Waals surface area contributed by atoms with E-state index in [4.69, 9.17) is 5.11 Å². The highest BCUT2D eigenvalue weighted by Crippen LogP contribution is 2.28. The van der Waals surface area contributed by atoms with Crippen molar-refractivity contribution in [1.29, 1.82) is 0 Å². The lowest BCUT2D eigenvalue weighted by molar-refractivity contribution is -0.136. The first-order valence-electron chi connectivity index (χ1n) is 7.03. The van der Waals surface area contributed by atoms with Crippen molar-refractivity contribution in [3.8, 4) is 11.1 Å². The fourth-order valence-electron chi connectivity index (χ4n) is 2.58. The Morgan fingerprint density at radius 1 is 0.857 bits per heavy atom. The Morgan fingerprint density at radius 2 is 1.57 bits per heavy atom. The normalized spacial score (nSPS) is 10.7. The SMILES string of the molecule is O=C(O)CCc1ccc(-c2cccc3ccccc23)cc1. The summed E-state index contributed by atoms with van der Waals surface area (Å²) in [6, 6.07) is 22.8. The average Bonchev–Trinajstić information content (AvgIpc) is 2.53. The standard InChI is InChI=1S/C19H16O2/c20-19(21)13-10-14-8-11-16(12-9-14)18-7-3-5-15-4-1-2-6-17(15)18/h1-9,11-12H,10,13H2,(H,20,21). The fraction of sp³-hybridized carbons (Fsp3) is 0.105.